The van der Waals surface area contributed by atoms with E-state index in [2.05, 4.69) is 15.0 Å². The first-order chi connectivity index (χ1) is 14.4. The Morgan fingerprint density at radius 3 is 2.10 bits per heavy atom. The van der Waals surface area contributed by atoms with Crippen LogP contribution in [-0.4, -0.2) is 15.0 Å². The van der Waals surface area contributed by atoms with E-state index in [4.69, 9.17) is 23.2 Å². The second-order valence-corrected chi connectivity index (χ2v) is 7.38. The summed E-state index contributed by atoms with van der Waals surface area (Å²) in [6, 6.07) is 8.41. The summed E-state index contributed by atoms with van der Waals surface area (Å²) in [5.74, 6) is 0.272. The molecule has 4 aromatic rings. The predicted octanol–water partition coefficient (Wildman–Crippen LogP) is 7.64. The van der Waals surface area contributed by atoms with Gasteiger partial charge in [-0.1, -0.05) is 35.3 Å². The average molecular weight is 476 g/mol. The van der Waals surface area contributed by atoms with Crippen LogP contribution in [0.15, 0.2) is 48.7 Å². The van der Waals surface area contributed by atoms with Gasteiger partial charge in [0.05, 0.1) is 37.9 Å². The number of halogens is 8. The third-order valence-electron chi connectivity index (χ3n) is 4.48. The molecule has 2 aromatic heterocycles. The summed E-state index contributed by atoms with van der Waals surface area (Å²) >= 11 is 12.3. The van der Waals surface area contributed by atoms with Crippen molar-refractivity contribution in [1.82, 2.24) is 15.0 Å². The first-order valence-electron chi connectivity index (χ1n) is 8.53. The molecular weight excluding hydrogens is 467 g/mol. The van der Waals surface area contributed by atoms with Crippen molar-refractivity contribution in [2.24, 2.45) is 0 Å². The fourth-order valence-corrected chi connectivity index (χ4v) is 3.51. The fraction of sp³-hybridized carbons (Fsp3) is 0.100. The molecule has 0 saturated carbocycles. The number of alkyl halides is 6. The SMILES string of the molecule is FC(F)(F)c1cnc(-c2ccc(-c3nc4ccc(C(F)(F)F)cc4[nH]3)cc2Cl)c(Cl)c1. The highest BCUT2D eigenvalue weighted by Crippen LogP contribution is 2.38. The molecule has 31 heavy (non-hydrogen) atoms. The largest absolute Gasteiger partial charge is 0.417 e. The summed E-state index contributed by atoms with van der Waals surface area (Å²) in [5, 5.41) is -0.101. The fourth-order valence-electron chi connectivity index (χ4n) is 2.97. The highest BCUT2D eigenvalue weighted by atomic mass is 35.5. The Bertz CT molecular complexity index is 1290. The minimum atomic E-state index is -4.59. The molecule has 0 saturated heterocycles. The second kappa shape index (κ2) is 7.42. The Kier molecular flexibility index (Phi) is 5.13. The van der Waals surface area contributed by atoms with Crippen LogP contribution in [0.1, 0.15) is 11.1 Å². The van der Waals surface area contributed by atoms with Gasteiger partial charge in [-0.05, 0) is 30.3 Å². The number of aromatic amines is 1. The zero-order valence-corrected chi connectivity index (χ0v) is 16.5. The van der Waals surface area contributed by atoms with Crippen molar-refractivity contribution in [3.63, 3.8) is 0 Å². The Hall–Kier alpha value is -2.78. The van der Waals surface area contributed by atoms with E-state index in [1.165, 1.54) is 18.2 Å². The molecule has 3 nitrogen and oxygen atoms in total. The van der Waals surface area contributed by atoms with Crippen LogP contribution in [0.4, 0.5) is 26.3 Å². The van der Waals surface area contributed by atoms with Gasteiger partial charge in [0, 0.05) is 17.3 Å². The summed E-state index contributed by atoms with van der Waals surface area (Å²) in [7, 11) is 0. The van der Waals surface area contributed by atoms with Crippen molar-refractivity contribution in [2.45, 2.75) is 12.4 Å². The summed E-state index contributed by atoms with van der Waals surface area (Å²) in [6.45, 7) is 0. The molecule has 0 spiro atoms. The van der Waals surface area contributed by atoms with E-state index in [1.54, 1.807) is 6.07 Å². The molecule has 0 atom stereocenters. The predicted molar refractivity (Wildman–Crippen MR) is 105 cm³/mol. The minimum absolute atomic E-state index is 0.0608. The first kappa shape index (κ1) is 21.5. The Morgan fingerprint density at radius 2 is 1.48 bits per heavy atom. The van der Waals surface area contributed by atoms with Crippen molar-refractivity contribution < 1.29 is 26.3 Å². The summed E-state index contributed by atoms with van der Waals surface area (Å²) < 4.78 is 77.1. The van der Waals surface area contributed by atoms with Gasteiger partial charge in [0.25, 0.3) is 0 Å². The lowest BCUT2D eigenvalue weighted by molar-refractivity contribution is -0.138. The van der Waals surface area contributed by atoms with Gasteiger partial charge in [-0.15, -0.1) is 0 Å². The normalized spacial score (nSPS) is 12.5. The molecule has 1 N–H and O–H groups in total. The van der Waals surface area contributed by atoms with Gasteiger partial charge in [0.15, 0.2) is 0 Å². The summed E-state index contributed by atoms with van der Waals surface area (Å²) in [6.07, 6.45) is -8.42. The average Bonchev–Trinajstić information content (AvgIpc) is 3.10. The molecule has 160 valence electrons. The van der Waals surface area contributed by atoms with E-state index in [0.29, 0.717) is 22.8 Å². The smallest absolute Gasteiger partial charge is 0.338 e. The van der Waals surface area contributed by atoms with E-state index in [9.17, 15) is 26.3 Å². The Labute approximate surface area is 180 Å². The number of imidazole rings is 1. The third kappa shape index (κ3) is 4.20. The minimum Gasteiger partial charge on any atom is -0.338 e. The number of hydrogen-bond donors (Lipinski definition) is 1. The van der Waals surface area contributed by atoms with Gasteiger partial charge in [-0.2, -0.15) is 26.3 Å². The van der Waals surface area contributed by atoms with Crippen LogP contribution >= 0.6 is 23.2 Å². The monoisotopic (exact) mass is 475 g/mol. The molecule has 0 aliphatic rings. The number of benzene rings is 2. The highest BCUT2D eigenvalue weighted by molar-refractivity contribution is 6.36. The van der Waals surface area contributed by atoms with E-state index in [0.717, 1.165) is 18.2 Å². The van der Waals surface area contributed by atoms with E-state index >= 15 is 0 Å². The zero-order valence-electron chi connectivity index (χ0n) is 15.0. The van der Waals surface area contributed by atoms with Crippen molar-refractivity contribution in [2.75, 3.05) is 0 Å². The molecule has 0 aliphatic carbocycles. The molecule has 0 aliphatic heterocycles. The molecule has 0 fully saturated rings. The number of pyridine rings is 1. The number of H-pyrrole nitrogens is 1. The van der Waals surface area contributed by atoms with Crippen molar-refractivity contribution in [1.29, 1.82) is 0 Å². The van der Waals surface area contributed by atoms with Gasteiger partial charge in [0.1, 0.15) is 5.82 Å². The molecule has 0 amide bonds. The van der Waals surface area contributed by atoms with E-state index in [-0.39, 0.29) is 27.1 Å². The molecule has 4 rings (SSSR count). The molecule has 0 radical (unpaired) electrons. The van der Waals surface area contributed by atoms with E-state index in [1.807, 2.05) is 0 Å². The standard InChI is InChI=1S/C20H9Cl2F6N3/c21-13-5-9(18-30-15-4-2-10(19(23,24)25)7-16(15)31-18)1-3-12(13)17-14(22)6-11(8-29-17)20(26,27)28/h1-8H,(H,30,31). The van der Waals surface area contributed by atoms with Crippen molar-refractivity contribution >= 4 is 34.2 Å². The van der Waals surface area contributed by atoms with E-state index < -0.39 is 23.5 Å². The maximum Gasteiger partial charge on any atom is 0.417 e. The van der Waals surface area contributed by atoms with Crippen LogP contribution in [0.2, 0.25) is 10.0 Å². The number of hydrogen-bond acceptors (Lipinski definition) is 2. The van der Waals surface area contributed by atoms with Gasteiger partial charge < -0.3 is 4.98 Å². The third-order valence-corrected chi connectivity index (χ3v) is 5.08. The molecule has 2 aromatic carbocycles. The second-order valence-electron chi connectivity index (χ2n) is 6.56. The van der Waals surface area contributed by atoms with Gasteiger partial charge >= 0.3 is 12.4 Å². The van der Waals surface area contributed by atoms with Gasteiger partial charge in [-0.3, -0.25) is 4.98 Å². The molecule has 0 unspecified atom stereocenters. The maximum atomic E-state index is 12.9. The lowest BCUT2D eigenvalue weighted by atomic mass is 10.1. The Balaban J connectivity index is 1.71. The number of nitrogens with one attached hydrogen (secondary N) is 1. The highest BCUT2D eigenvalue weighted by Gasteiger charge is 2.32. The van der Waals surface area contributed by atoms with Crippen molar-refractivity contribution in [3.8, 4) is 22.6 Å². The molecule has 2 heterocycles. The number of aromatic nitrogens is 3. The topological polar surface area (TPSA) is 41.6 Å². The number of fused-ring (bicyclic) bond motifs is 1. The van der Waals surface area contributed by atoms with Crippen LogP contribution in [0.25, 0.3) is 33.7 Å². The lowest BCUT2D eigenvalue weighted by Gasteiger charge is -2.11. The zero-order chi connectivity index (χ0) is 22.6. The van der Waals surface area contributed by atoms with Crippen LogP contribution in [0.3, 0.4) is 0 Å². The summed E-state index contributed by atoms with van der Waals surface area (Å²) in [5.41, 5.74) is -0.471. The Morgan fingerprint density at radius 1 is 0.774 bits per heavy atom. The van der Waals surface area contributed by atoms with Crippen LogP contribution in [0.5, 0.6) is 0 Å². The molecular formula is C20H9Cl2F6N3. The maximum absolute atomic E-state index is 12.9. The van der Waals surface area contributed by atoms with Crippen LogP contribution in [0, 0.1) is 0 Å². The van der Waals surface area contributed by atoms with Crippen LogP contribution in [-0.2, 0) is 12.4 Å². The number of rotatable bonds is 2. The lowest BCUT2D eigenvalue weighted by Crippen LogP contribution is -2.05. The number of nitrogens with zero attached hydrogens (tertiary/aromatic N) is 2. The molecule has 11 heteroatoms. The summed E-state index contributed by atoms with van der Waals surface area (Å²) in [4.78, 5) is 10.8. The van der Waals surface area contributed by atoms with Crippen molar-refractivity contribution in [3.05, 3.63) is 69.8 Å². The van der Waals surface area contributed by atoms with Crippen LogP contribution < -0.4 is 0 Å². The van der Waals surface area contributed by atoms with Gasteiger partial charge in [0.2, 0.25) is 0 Å². The van der Waals surface area contributed by atoms with Gasteiger partial charge in [-0.25, -0.2) is 4.98 Å². The quantitative estimate of drug-likeness (QED) is 0.302. The first-order valence-corrected chi connectivity index (χ1v) is 9.29. The molecule has 0 bridgehead atoms.